The van der Waals surface area contributed by atoms with Crippen molar-refractivity contribution in [1.29, 1.82) is 0 Å². The van der Waals surface area contributed by atoms with Crippen LogP contribution in [-0.2, 0) is 9.53 Å². The van der Waals surface area contributed by atoms with Crippen molar-refractivity contribution in [2.75, 3.05) is 14.2 Å². The zero-order chi connectivity index (χ0) is 19.4. The molecule has 0 unspecified atom stereocenters. The van der Waals surface area contributed by atoms with E-state index >= 15 is 0 Å². The highest BCUT2D eigenvalue weighted by atomic mass is 16.6. The summed E-state index contributed by atoms with van der Waals surface area (Å²) in [4.78, 5) is 16.5. The third-order valence-corrected chi connectivity index (χ3v) is 3.79. The number of benzene rings is 2. The molecule has 0 aliphatic carbocycles. The van der Waals surface area contributed by atoms with E-state index in [4.69, 9.17) is 18.9 Å². The first-order chi connectivity index (χ1) is 13.0. The summed E-state index contributed by atoms with van der Waals surface area (Å²) >= 11 is 0. The number of carbonyl (C=O) groups is 1. The van der Waals surface area contributed by atoms with Gasteiger partial charge in [-0.15, -0.1) is 0 Å². The van der Waals surface area contributed by atoms with Gasteiger partial charge in [-0.25, -0.2) is 9.79 Å². The zero-order valence-corrected chi connectivity index (χ0v) is 15.7. The predicted molar refractivity (Wildman–Crippen MR) is 102 cm³/mol. The molecule has 0 fully saturated rings. The number of aliphatic imine (C=N–C) groups is 1. The first-order valence-electron chi connectivity index (χ1n) is 8.52. The Hall–Kier alpha value is -3.28. The van der Waals surface area contributed by atoms with E-state index in [2.05, 4.69) is 4.99 Å². The van der Waals surface area contributed by atoms with Crippen molar-refractivity contribution in [2.24, 2.45) is 4.99 Å². The molecule has 0 spiro atoms. The fraction of sp³-hybridized carbons (Fsp3) is 0.238. The molecule has 0 radical (unpaired) electrons. The van der Waals surface area contributed by atoms with Crippen LogP contribution >= 0.6 is 0 Å². The standard InChI is InChI=1S/C21H21NO5/c1-13(2)26-18-9-8-14(11-19(18)25-4)10-17-21(23)27-20(22-17)15-6-5-7-16(12-15)24-3/h5-13H,1-4H3/b17-10-. The van der Waals surface area contributed by atoms with Gasteiger partial charge in [0.1, 0.15) is 5.75 Å². The molecule has 1 heterocycles. The van der Waals surface area contributed by atoms with Crippen LogP contribution in [0.3, 0.4) is 0 Å². The number of esters is 1. The smallest absolute Gasteiger partial charge is 0.363 e. The number of nitrogens with zero attached hydrogens (tertiary/aromatic N) is 1. The lowest BCUT2D eigenvalue weighted by Crippen LogP contribution is -2.06. The second-order valence-corrected chi connectivity index (χ2v) is 6.14. The maximum absolute atomic E-state index is 12.2. The van der Waals surface area contributed by atoms with Gasteiger partial charge in [-0.05, 0) is 55.8 Å². The molecule has 0 saturated carbocycles. The number of rotatable bonds is 6. The molecule has 0 saturated heterocycles. The molecular weight excluding hydrogens is 346 g/mol. The maximum atomic E-state index is 12.2. The summed E-state index contributed by atoms with van der Waals surface area (Å²) < 4.78 is 21.6. The number of hydrogen-bond donors (Lipinski definition) is 0. The van der Waals surface area contributed by atoms with Gasteiger partial charge >= 0.3 is 5.97 Å². The van der Waals surface area contributed by atoms with Crippen molar-refractivity contribution in [1.82, 2.24) is 0 Å². The Kier molecular flexibility index (Phi) is 5.45. The van der Waals surface area contributed by atoms with Gasteiger partial charge < -0.3 is 18.9 Å². The first-order valence-corrected chi connectivity index (χ1v) is 8.52. The van der Waals surface area contributed by atoms with Crippen LogP contribution in [0.5, 0.6) is 17.2 Å². The minimum atomic E-state index is -0.505. The monoisotopic (exact) mass is 367 g/mol. The van der Waals surface area contributed by atoms with Crippen LogP contribution in [0.1, 0.15) is 25.0 Å². The van der Waals surface area contributed by atoms with Crippen LogP contribution in [0.25, 0.3) is 6.08 Å². The number of ether oxygens (including phenoxy) is 4. The van der Waals surface area contributed by atoms with E-state index in [0.717, 1.165) is 5.56 Å². The average Bonchev–Trinajstić information content (AvgIpc) is 3.03. The Bertz CT molecular complexity index is 915. The molecule has 27 heavy (non-hydrogen) atoms. The third kappa shape index (κ3) is 4.28. The second-order valence-electron chi connectivity index (χ2n) is 6.14. The van der Waals surface area contributed by atoms with Crippen molar-refractivity contribution < 1.29 is 23.7 Å². The van der Waals surface area contributed by atoms with Crippen LogP contribution in [0, 0.1) is 0 Å². The van der Waals surface area contributed by atoms with Gasteiger partial charge in [0.05, 0.1) is 20.3 Å². The molecule has 6 heteroatoms. The second kappa shape index (κ2) is 7.95. The van der Waals surface area contributed by atoms with E-state index in [1.165, 1.54) is 0 Å². The van der Waals surface area contributed by atoms with E-state index in [9.17, 15) is 4.79 Å². The van der Waals surface area contributed by atoms with Crippen molar-refractivity contribution in [3.63, 3.8) is 0 Å². The largest absolute Gasteiger partial charge is 0.497 e. The summed E-state index contributed by atoms with van der Waals surface area (Å²) in [5.74, 6) is 1.63. The number of hydrogen-bond acceptors (Lipinski definition) is 6. The summed E-state index contributed by atoms with van der Waals surface area (Å²) in [5.41, 5.74) is 1.64. The van der Waals surface area contributed by atoms with Crippen LogP contribution in [-0.4, -0.2) is 32.2 Å². The number of carbonyl (C=O) groups excluding carboxylic acids is 1. The van der Waals surface area contributed by atoms with E-state index in [-0.39, 0.29) is 17.7 Å². The highest BCUT2D eigenvalue weighted by molar-refractivity contribution is 6.13. The van der Waals surface area contributed by atoms with Crippen LogP contribution in [0.15, 0.2) is 53.2 Å². The lowest BCUT2D eigenvalue weighted by atomic mass is 10.1. The Labute approximate surface area is 158 Å². The Morgan fingerprint density at radius 1 is 1.04 bits per heavy atom. The molecule has 1 aliphatic rings. The Morgan fingerprint density at radius 3 is 2.56 bits per heavy atom. The molecule has 0 amide bonds. The quantitative estimate of drug-likeness (QED) is 0.573. The Morgan fingerprint density at radius 2 is 1.85 bits per heavy atom. The van der Waals surface area contributed by atoms with E-state index in [1.54, 1.807) is 44.6 Å². The minimum absolute atomic E-state index is 0.0305. The normalized spacial score (nSPS) is 14.9. The summed E-state index contributed by atoms with van der Waals surface area (Å²) in [6, 6.07) is 12.6. The van der Waals surface area contributed by atoms with Gasteiger partial charge in [0.2, 0.25) is 5.90 Å². The average molecular weight is 367 g/mol. The van der Waals surface area contributed by atoms with E-state index in [0.29, 0.717) is 22.8 Å². The van der Waals surface area contributed by atoms with Gasteiger partial charge in [0.25, 0.3) is 0 Å². The van der Waals surface area contributed by atoms with Gasteiger partial charge in [-0.2, -0.15) is 0 Å². The summed E-state index contributed by atoms with van der Waals surface area (Å²) in [6.45, 7) is 3.89. The van der Waals surface area contributed by atoms with Gasteiger partial charge in [-0.1, -0.05) is 12.1 Å². The molecule has 0 bridgehead atoms. The van der Waals surface area contributed by atoms with Gasteiger partial charge in [0, 0.05) is 5.56 Å². The van der Waals surface area contributed by atoms with Crippen LogP contribution < -0.4 is 14.2 Å². The fourth-order valence-corrected chi connectivity index (χ4v) is 2.57. The van der Waals surface area contributed by atoms with Crippen molar-refractivity contribution in [2.45, 2.75) is 20.0 Å². The van der Waals surface area contributed by atoms with Crippen molar-refractivity contribution >= 4 is 17.9 Å². The molecule has 3 rings (SSSR count). The number of methoxy groups -OCH3 is 2. The molecule has 6 nitrogen and oxygen atoms in total. The predicted octanol–water partition coefficient (Wildman–Crippen LogP) is 3.84. The molecule has 0 atom stereocenters. The fourth-order valence-electron chi connectivity index (χ4n) is 2.57. The number of cyclic esters (lactones) is 1. The van der Waals surface area contributed by atoms with E-state index in [1.807, 2.05) is 32.0 Å². The maximum Gasteiger partial charge on any atom is 0.363 e. The molecule has 2 aromatic carbocycles. The van der Waals surface area contributed by atoms with Gasteiger partial charge in [-0.3, -0.25) is 0 Å². The summed E-state index contributed by atoms with van der Waals surface area (Å²) in [7, 11) is 3.15. The Balaban J connectivity index is 1.90. The van der Waals surface area contributed by atoms with E-state index < -0.39 is 5.97 Å². The molecule has 1 aliphatic heterocycles. The highest BCUT2D eigenvalue weighted by Gasteiger charge is 2.24. The molecule has 2 aromatic rings. The topological polar surface area (TPSA) is 66.3 Å². The third-order valence-electron chi connectivity index (χ3n) is 3.79. The van der Waals surface area contributed by atoms with Crippen molar-refractivity contribution in [3.8, 4) is 17.2 Å². The first kappa shape index (κ1) is 18.5. The molecule has 0 aromatic heterocycles. The van der Waals surface area contributed by atoms with Gasteiger partial charge in [0.15, 0.2) is 17.2 Å². The van der Waals surface area contributed by atoms with Crippen LogP contribution in [0.2, 0.25) is 0 Å². The van der Waals surface area contributed by atoms with Crippen molar-refractivity contribution in [3.05, 3.63) is 59.3 Å². The molecule has 140 valence electrons. The molecule has 0 N–H and O–H groups in total. The highest BCUT2D eigenvalue weighted by Crippen LogP contribution is 2.30. The molecular formula is C21H21NO5. The summed E-state index contributed by atoms with van der Waals surface area (Å²) in [6.07, 6.45) is 1.68. The lowest BCUT2D eigenvalue weighted by molar-refractivity contribution is -0.129. The minimum Gasteiger partial charge on any atom is -0.497 e. The zero-order valence-electron chi connectivity index (χ0n) is 15.7. The lowest BCUT2D eigenvalue weighted by Gasteiger charge is -2.13. The van der Waals surface area contributed by atoms with Crippen LogP contribution in [0.4, 0.5) is 0 Å². The SMILES string of the molecule is COc1cccc(C2=N/C(=C\c3ccc(OC(C)C)c(OC)c3)C(=O)O2)c1. The summed E-state index contributed by atoms with van der Waals surface area (Å²) in [5, 5.41) is 0.